The summed E-state index contributed by atoms with van der Waals surface area (Å²) in [5, 5.41) is 15.5. The molecule has 3 aromatic rings. The molecule has 1 amide bonds. The summed E-state index contributed by atoms with van der Waals surface area (Å²) in [7, 11) is 0. The van der Waals surface area contributed by atoms with Crippen molar-refractivity contribution in [3.63, 3.8) is 0 Å². The predicted molar refractivity (Wildman–Crippen MR) is 106 cm³/mol. The van der Waals surface area contributed by atoms with E-state index < -0.39 is 5.60 Å². The summed E-state index contributed by atoms with van der Waals surface area (Å²) in [6.07, 6.45) is 2.21. The van der Waals surface area contributed by atoms with Crippen molar-refractivity contribution < 1.29 is 9.53 Å². The van der Waals surface area contributed by atoms with Gasteiger partial charge in [0, 0.05) is 16.3 Å². The zero-order valence-electron chi connectivity index (χ0n) is 15.6. The van der Waals surface area contributed by atoms with Gasteiger partial charge in [-0.05, 0) is 85.6 Å². The number of tetrazole rings is 1. The fraction of sp³-hybridized carbons (Fsp3) is 0.300. The van der Waals surface area contributed by atoms with Crippen molar-refractivity contribution in [1.82, 2.24) is 20.2 Å². The van der Waals surface area contributed by atoms with Gasteiger partial charge in [0.05, 0.1) is 6.04 Å². The Labute approximate surface area is 167 Å². The second-order valence-electron chi connectivity index (χ2n) is 7.28. The number of amides is 1. The van der Waals surface area contributed by atoms with Crippen LogP contribution in [0.25, 0.3) is 11.4 Å². The molecule has 1 heterocycles. The van der Waals surface area contributed by atoms with Gasteiger partial charge in [-0.2, -0.15) is 0 Å². The summed E-state index contributed by atoms with van der Waals surface area (Å²) in [6, 6.07) is 14.8. The van der Waals surface area contributed by atoms with Crippen LogP contribution in [0.3, 0.4) is 0 Å². The highest BCUT2D eigenvalue weighted by Gasteiger charge is 2.30. The maximum atomic E-state index is 12.7. The Morgan fingerprint density at radius 3 is 2.46 bits per heavy atom. The quantitative estimate of drug-likeness (QED) is 0.676. The molecule has 28 heavy (non-hydrogen) atoms. The van der Waals surface area contributed by atoms with E-state index in [0.717, 1.165) is 24.2 Å². The number of nitrogens with one attached hydrogen (secondary N) is 1. The summed E-state index contributed by atoms with van der Waals surface area (Å²) >= 11 is 5.88. The number of carbonyl (C=O) groups is 1. The monoisotopic (exact) mass is 397 g/mol. The highest BCUT2D eigenvalue weighted by Crippen LogP contribution is 2.36. The average Bonchev–Trinajstić information content (AvgIpc) is 3.41. The predicted octanol–water partition coefficient (Wildman–Crippen LogP) is 4.12. The Morgan fingerprint density at radius 1 is 1.14 bits per heavy atom. The topological polar surface area (TPSA) is 81.9 Å². The number of ether oxygens (including phenoxy) is 1. The van der Waals surface area contributed by atoms with E-state index in [0.29, 0.717) is 22.5 Å². The number of anilines is 1. The second-order valence-corrected chi connectivity index (χ2v) is 7.71. The Kier molecular flexibility index (Phi) is 4.77. The van der Waals surface area contributed by atoms with Crippen molar-refractivity contribution in [3.8, 4) is 17.1 Å². The van der Waals surface area contributed by atoms with E-state index in [-0.39, 0.29) is 5.91 Å². The molecule has 1 N–H and O–H groups in total. The molecule has 1 saturated carbocycles. The standard InChI is InChI=1S/C20H20ClN5O2/c1-20(2,28-17-11-5-14(21)6-12-17)19(27)22-15-7-3-13(4-8-15)18-23-24-25-26(18)16-9-10-16/h3-8,11-12,16H,9-10H2,1-2H3,(H,22,27). The van der Waals surface area contributed by atoms with Crippen LogP contribution >= 0.6 is 11.6 Å². The van der Waals surface area contributed by atoms with Crippen molar-refractivity contribution in [2.24, 2.45) is 0 Å². The first-order chi connectivity index (χ1) is 13.4. The number of nitrogens with zero attached hydrogens (tertiary/aromatic N) is 4. The number of aromatic nitrogens is 4. The van der Waals surface area contributed by atoms with Gasteiger partial charge in [-0.15, -0.1) is 5.10 Å². The normalized spacial score (nSPS) is 14.0. The van der Waals surface area contributed by atoms with Gasteiger partial charge in [0.2, 0.25) is 0 Å². The van der Waals surface area contributed by atoms with Crippen LogP contribution < -0.4 is 10.1 Å². The number of carbonyl (C=O) groups excluding carboxylic acids is 1. The highest BCUT2D eigenvalue weighted by molar-refractivity contribution is 6.30. The first-order valence-electron chi connectivity index (χ1n) is 9.07. The molecule has 4 rings (SSSR count). The first-order valence-corrected chi connectivity index (χ1v) is 9.44. The van der Waals surface area contributed by atoms with Gasteiger partial charge < -0.3 is 10.1 Å². The van der Waals surface area contributed by atoms with Crippen LogP contribution in [0.2, 0.25) is 5.02 Å². The number of hydrogen-bond donors (Lipinski definition) is 1. The lowest BCUT2D eigenvalue weighted by Gasteiger charge is -2.25. The van der Waals surface area contributed by atoms with Crippen LogP contribution in [0.1, 0.15) is 32.7 Å². The SMILES string of the molecule is CC(C)(Oc1ccc(Cl)cc1)C(=O)Nc1ccc(-c2nnnn2C2CC2)cc1. The summed E-state index contributed by atoms with van der Waals surface area (Å²) < 4.78 is 7.68. The first kappa shape index (κ1) is 18.4. The third kappa shape index (κ3) is 3.99. The molecular formula is C20H20ClN5O2. The highest BCUT2D eigenvalue weighted by atomic mass is 35.5. The van der Waals surface area contributed by atoms with E-state index in [9.17, 15) is 4.79 Å². The van der Waals surface area contributed by atoms with Gasteiger partial charge in [-0.25, -0.2) is 4.68 Å². The third-order valence-electron chi connectivity index (χ3n) is 4.52. The zero-order chi connectivity index (χ0) is 19.7. The molecule has 1 aliphatic rings. The van der Waals surface area contributed by atoms with E-state index in [4.69, 9.17) is 16.3 Å². The number of halogens is 1. The molecule has 1 fully saturated rings. The number of benzene rings is 2. The van der Waals surface area contributed by atoms with Gasteiger partial charge in [0.15, 0.2) is 11.4 Å². The Balaban J connectivity index is 1.43. The third-order valence-corrected chi connectivity index (χ3v) is 4.77. The lowest BCUT2D eigenvalue weighted by atomic mass is 10.1. The Morgan fingerprint density at radius 2 is 1.82 bits per heavy atom. The molecular weight excluding hydrogens is 378 g/mol. The molecule has 0 unspecified atom stereocenters. The van der Waals surface area contributed by atoms with Crippen molar-refractivity contribution in [2.75, 3.05) is 5.32 Å². The van der Waals surface area contributed by atoms with Crippen LogP contribution in [0.5, 0.6) is 5.75 Å². The van der Waals surface area contributed by atoms with Crippen molar-refractivity contribution in [1.29, 1.82) is 0 Å². The van der Waals surface area contributed by atoms with E-state index >= 15 is 0 Å². The van der Waals surface area contributed by atoms with Crippen LogP contribution in [0.15, 0.2) is 48.5 Å². The molecule has 1 aliphatic carbocycles. The Hall–Kier alpha value is -2.93. The van der Waals surface area contributed by atoms with Gasteiger partial charge in [0.25, 0.3) is 5.91 Å². The summed E-state index contributed by atoms with van der Waals surface area (Å²) in [5.74, 6) is 1.07. The molecule has 8 heteroatoms. The molecule has 144 valence electrons. The van der Waals surface area contributed by atoms with Gasteiger partial charge in [-0.1, -0.05) is 11.6 Å². The maximum Gasteiger partial charge on any atom is 0.267 e. The molecule has 1 aromatic heterocycles. The van der Waals surface area contributed by atoms with Gasteiger partial charge in [-0.3, -0.25) is 4.79 Å². The summed E-state index contributed by atoms with van der Waals surface area (Å²) in [4.78, 5) is 12.7. The minimum atomic E-state index is -1.05. The van der Waals surface area contributed by atoms with E-state index in [1.54, 1.807) is 38.1 Å². The lowest BCUT2D eigenvalue weighted by Crippen LogP contribution is -2.42. The van der Waals surface area contributed by atoms with Crippen molar-refractivity contribution >= 4 is 23.2 Å². The van der Waals surface area contributed by atoms with Gasteiger partial charge >= 0.3 is 0 Å². The fourth-order valence-corrected chi connectivity index (χ4v) is 2.90. The van der Waals surface area contributed by atoms with Crippen LogP contribution in [0.4, 0.5) is 5.69 Å². The minimum absolute atomic E-state index is 0.252. The summed E-state index contributed by atoms with van der Waals surface area (Å²) in [5.41, 5.74) is 0.529. The molecule has 0 atom stereocenters. The molecule has 0 saturated heterocycles. The van der Waals surface area contributed by atoms with E-state index in [2.05, 4.69) is 20.8 Å². The van der Waals surface area contributed by atoms with Crippen LogP contribution in [-0.2, 0) is 4.79 Å². The zero-order valence-corrected chi connectivity index (χ0v) is 16.3. The Bertz CT molecular complexity index is 979. The largest absolute Gasteiger partial charge is 0.478 e. The number of rotatable bonds is 6. The molecule has 0 aliphatic heterocycles. The van der Waals surface area contributed by atoms with Gasteiger partial charge in [0.1, 0.15) is 5.75 Å². The average molecular weight is 398 g/mol. The van der Waals surface area contributed by atoms with Crippen LogP contribution in [0, 0.1) is 0 Å². The molecule has 0 radical (unpaired) electrons. The fourth-order valence-electron chi connectivity index (χ4n) is 2.78. The number of hydrogen-bond acceptors (Lipinski definition) is 5. The molecule has 2 aromatic carbocycles. The smallest absolute Gasteiger partial charge is 0.267 e. The van der Waals surface area contributed by atoms with E-state index in [1.165, 1.54) is 0 Å². The maximum absolute atomic E-state index is 12.7. The molecule has 7 nitrogen and oxygen atoms in total. The van der Waals surface area contributed by atoms with E-state index in [1.807, 2.05) is 28.9 Å². The van der Waals surface area contributed by atoms with Crippen LogP contribution in [-0.4, -0.2) is 31.7 Å². The second kappa shape index (κ2) is 7.24. The summed E-state index contributed by atoms with van der Waals surface area (Å²) in [6.45, 7) is 3.43. The molecule has 0 spiro atoms. The molecule has 0 bridgehead atoms. The van der Waals surface area contributed by atoms with Crippen molar-refractivity contribution in [2.45, 2.75) is 38.3 Å². The van der Waals surface area contributed by atoms with Crippen molar-refractivity contribution in [3.05, 3.63) is 53.6 Å². The lowest BCUT2D eigenvalue weighted by molar-refractivity contribution is -0.128. The minimum Gasteiger partial charge on any atom is -0.478 e.